The molecule has 0 amide bonds. The molecule has 1 unspecified atom stereocenters. The summed E-state index contributed by atoms with van der Waals surface area (Å²) in [6.45, 7) is 5.15. The monoisotopic (exact) mass is 307 g/mol. The average molecular weight is 308 g/mol. The van der Waals surface area contributed by atoms with Crippen LogP contribution in [0.25, 0.3) is 0 Å². The molecule has 0 bridgehead atoms. The Bertz CT molecular complexity index is 293. The topological polar surface area (TPSA) is 30.5 Å². The molecule has 0 aliphatic carbocycles. The number of ether oxygens (including phenoxy) is 2. The quantitative estimate of drug-likeness (QED) is 0.749. The van der Waals surface area contributed by atoms with E-state index in [1.54, 1.807) is 18.4 Å². The van der Waals surface area contributed by atoms with Crippen LogP contribution in [0.3, 0.4) is 0 Å². The number of thiophene rings is 1. The predicted octanol–water partition coefficient (Wildman–Crippen LogP) is 2.65. The minimum absolute atomic E-state index is 0.169. The summed E-state index contributed by atoms with van der Waals surface area (Å²) in [6, 6.07) is 2.13. The summed E-state index contributed by atoms with van der Waals surface area (Å²) in [4.78, 5) is 1.33. The fraction of sp³-hybridized carbons (Fsp3) is 0.636. The summed E-state index contributed by atoms with van der Waals surface area (Å²) in [5.41, 5.74) is 0. The van der Waals surface area contributed by atoms with Crippen molar-refractivity contribution in [3.63, 3.8) is 0 Å². The SMILES string of the molecule is COCC(C)OCCNCc1cc(Br)cs1. The van der Waals surface area contributed by atoms with Crippen molar-refractivity contribution in [2.45, 2.75) is 19.6 Å². The molecule has 0 aliphatic heterocycles. The third-order valence-electron chi connectivity index (χ3n) is 2.00. The lowest BCUT2D eigenvalue weighted by molar-refractivity contribution is 0.0107. The highest BCUT2D eigenvalue weighted by molar-refractivity contribution is 9.10. The Balaban J connectivity index is 2.00. The van der Waals surface area contributed by atoms with E-state index in [0.29, 0.717) is 6.61 Å². The molecule has 1 atom stereocenters. The molecule has 1 heterocycles. The molecule has 0 aliphatic rings. The zero-order chi connectivity index (χ0) is 11.8. The van der Waals surface area contributed by atoms with E-state index < -0.39 is 0 Å². The Morgan fingerprint density at radius 1 is 1.56 bits per heavy atom. The number of hydrogen-bond acceptors (Lipinski definition) is 4. The van der Waals surface area contributed by atoms with Crippen LogP contribution >= 0.6 is 27.3 Å². The lowest BCUT2D eigenvalue weighted by atomic mass is 10.4. The van der Waals surface area contributed by atoms with Gasteiger partial charge in [0.05, 0.1) is 19.3 Å². The second-order valence-electron chi connectivity index (χ2n) is 3.54. The molecule has 5 heteroatoms. The van der Waals surface area contributed by atoms with Crippen molar-refractivity contribution in [2.24, 2.45) is 0 Å². The maximum atomic E-state index is 5.53. The van der Waals surface area contributed by atoms with E-state index in [-0.39, 0.29) is 6.10 Å². The molecule has 1 N–H and O–H groups in total. The second-order valence-corrected chi connectivity index (χ2v) is 5.46. The minimum Gasteiger partial charge on any atom is -0.382 e. The van der Waals surface area contributed by atoms with E-state index in [0.717, 1.165) is 24.2 Å². The Morgan fingerprint density at radius 2 is 2.38 bits per heavy atom. The third-order valence-corrected chi connectivity index (χ3v) is 3.70. The van der Waals surface area contributed by atoms with Gasteiger partial charge in [-0.2, -0.15) is 0 Å². The molecule has 0 spiro atoms. The number of methoxy groups -OCH3 is 1. The zero-order valence-corrected chi connectivity index (χ0v) is 12.1. The van der Waals surface area contributed by atoms with Gasteiger partial charge in [-0.05, 0) is 28.9 Å². The smallest absolute Gasteiger partial charge is 0.0780 e. The Hall–Kier alpha value is 0.0600. The van der Waals surface area contributed by atoms with Crippen LogP contribution in [0.2, 0.25) is 0 Å². The van der Waals surface area contributed by atoms with Gasteiger partial charge in [-0.1, -0.05) is 0 Å². The zero-order valence-electron chi connectivity index (χ0n) is 9.66. The van der Waals surface area contributed by atoms with Crippen LogP contribution in [0.15, 0.2) is 15.9 Å². The summed E-state index contributed by atoms with van der Waals surface area (Å²) in [6.07, 6.45) is 0.169. The van der Waals surface area contributed by atoms with Crippen LogP contribution in [-0.2, 0) is 16.0 Å². The molecule has 0 radical (unpaired) electrons. The van der Waals surface area contributed by atoms with Gasteiger partial charge < -0.3 is 14.8 Å². The maximum Gasteiger partial charge on any atom is 0.0780 e. The predicted molar refractivity (Wildman–Crippen MR) is 71.0 cm³/mol. The van der Waals surface area contributed by atoms with E-state index in [2.05, 4.69) is 32.7 Å². The third kappa shape index (κ3) is 5.96. The average Bonchev–Trinajstić information content (AvgIpc) is 2.64. The lowest BCUT2D eigenvalue weighted by Gasteiger charge is -2.11. The summed E-state index contributed by atoms with van der Waals surface area (Å²) in [5, 5.41) is 5.43. The van der Waals surface area contributed by atoms with Gasteiger partial charge in [0.25, 0.3) is 0 Å². The van der Waals surface area contributed by atoms with Crippen molar-refractivity contribution < 1.29 is 9.47 Å². The Morgan fingerprint density at radius 3 is 3.00 bits per heavy atom. The van der Waals surface area contributed by atoms with Crippen LogP contribution in [0.5, 0.6) is 0 Å². The van der Waals surface area contributed by atoms with Gasteiger partial charge in [-0.25, -0.2) is 0 Å². The summed E-state index contributed by atoms with van der Waals surface area (Å²) in [5.74, 6) is 0. The molecular weight excluding hydrogens is 290 g/mol. The number of nitrogens with one attached hydrogen (secondary N) is 1. The molecule has 1 rings (SSSR count). The molecule has 0 saturated carbocycles. The van der Waals surface area contributed by atoms with Gasteiger partial charge in [0.1, 0.15) is 0 Å². The van der Waals surface area contributed by atoms with Crippen LogP contribution in [0, 0.1) is 0 Å². The number of hydrogen-bond donors (Lipinski definition) is 1. The van der Waals surface area contributed by atoms with Gasteiger partial charge in [0.2, 0.25) is 0 Å². The molecule has 0 saturated heterocycles. The van der Waals surface area contributed by atoms with Gasteiger partial charge in [0.15, 0.2) is 0 Å². The second kappa shape index (κ2) is 8.20. The van der Waals surface area contributed by atoms with Crippen molar-refractivity contribution in [2.75, 3.05) is 26.9 Å². The summed E-state index contributed by atoms with van der Waals surface area (Å²) < 4.78 is 11.7. The highest BCUT2D eigenvalue weighted by atomic mass is 79.9. The van der Waals surface area contributed by atoms with Crippen molar-refractivity contribution in [1.29, 1.82) is 0 Å². The van der Waals surface area contributed by atoms with Gasteiger partial charge >= 0.3 is 0 Å². The largest absolute Gasteiger partial charge is 0.382 e. The normalized spacial score (nSPS) is 12.9. The maximum absolute atomic E-state index is 5.53. The van der Waals surface area contributed by atoms with E-state index in [1.807, 2.05) is 6.92 Å². The summed E-state index contributed by atoms with van der Waals surface area (Å²) in [7, 11) is 1.69. The molecule has 3 nitrogen and oxygen atoms in total. The highest BCUT2D eigenvalue weighted by Gasteiger charge is 2.00. The molecule has 16 heavy (non-hydrogen) atoms. The van der Waals surface area contributed by atoms with Crippen molar-refractivity contribution in [1.82, 2.24) is 5.32 Å². The first-order valence-electron chi connectivity index (χ1n) is 5.26. The van der Waals surface area contributed by atoms with E-state index in [9.17, 15) is 0 Å². The lowest BCUT2D eigenvalue weighted by Crippen LogP contribution is -2.23. The van der Waals surface area contributed by atoms with Crippen molar-refractivity contribution in [3.8, 4) is 0 Å². The minimum atomic E-state index is 0.169. The van der Waals surface area contributed by atoms with E-state index >= 15 is 0 Å². The Kier molecular flexibility index (Phi) is 7.23. The molecule has 1 aromatic rings. The van der Waals surface area contributed by atoms with Gasteiger partial charge in [-0.15, -0.1) is 11.3 Å². The van der Waals surface area contributed by atoms with Crippen LogP contribution in [-0.4, -0.2) is 33.0 Å². The summed E-state index contributed by atoms with van der Waals surface area (Å²) >= 11 is 5.19. The molecule has 1 aromatic heterocycles. The van der Waals surface area contributed by atoms with Crippen LogP contribution in [0.4, 0.5) is 0 Å². The van der Waals surface area contributed by atoms with Crippen molar-refractivity contribution >= 4 is 27.3 Å². The van der Waals surface area contributed by atoms with Crippen LogP contribution in [0.1, 0.15) is 11.8 Å². The first-order valence-corrected chi connectivity index (χ1v) is 6.94. The van der Waals surface area contributed by atoms with Crippen molar-refractivity contribution in [3.05, 3.63) is 20.8 Å². The first-order chi connectivity index (χ1) is 7.72. The molecular formula is C11H18BrNO2S. The highest BCUT2D eigenvalue weighted by Crippen LogP contribution is 2.19. The fourth-order valence-corrected chi connectivity index (χ4v) is 2.69. The van der Waals surface area contributed by atoms with Gasteiger partial charge in [-0.3, -0.25) is 0 Å². The van der Waals surface area contributed by atoms with Gasteiger partial charge in [0, 0.05) is 34.9 Å². The number of halogens is 1. The fourth-order valence-electron chi connectivity index (χ4n) is 1.27. The number of rotatable bonds is 8. The first kappa shape index (κ1) is 14.1. The molecule has 0 aromatic carbocycles. The molecule has 92 valence electrons. The van der Waals surface area contributed by atoms with Crippen LogP contribution < -0.4 is 5.32 Å². The van der Waals surface area contributed by atoms with E-state index in [1.165, 1.54) is 4.88 Å². The standard InChI is InChI=1S/C11H18BrNO2S/c1-9(7-14-2)15-4-3-13-6-11-5-10(12)8-16-11/h5,8-9,13H,3-4,6-7H2,1-2H3. The Labute approximate surface area is 109 Å². The molecule has 0 fully saturated rings. The van der Waals surface area contributed by atoms with E-state index in [4.69, 9.17) is 9.47 Å².